The van der Waals surface area contributed by atoms with Gasteiger partial charge in [0.1, 0.15) is 12.4 Å². The molecule has 1 rings (SSSR count). The lowest BCUT2D eigenvalue weighted by Gasteiger charge is -2.28. The van der Waals surface area contributed by atoms with E-state index in [9.17, 15) is 5.11 Å². The number of nitrogens with zero attached hydrogens (tertiary/aromatic N) is 1. The van der Waals surface area contributed by atoms with E-state index in [1.807, 2.05) is 24.2 Å². The zero-order valence-electron chi connectivity index (χ0n) is 16.8. The molecular formula is C22H42N2O. The zero-order valence-corrected chi connectivity index (χ0v) is 16.8. The number of aliphatic hydroxyl groups excluding tert-OH is 1. The van der Waals surface area contributed by atoms with Crippen LogP contribution < -0.4 is 5.32 Å². The molecule has 0 bridgehead atoms. The Morgan fingerprint density at radius 1 is 0.920 bits per heavy atom. The molecule has 0 aliphatic carbocycles. The van der Waals surface area contributed by atoms with Crippen molar-refractivity contribution in [1.29, 1.82) is 0 Å². The SMILES string of the molecule is CCCCCCCC/C=C/CCCCCCCC1NC=CN1C(C)O. The highest BCUT2D eigenvalue weighted by molar-refractivity contribution is 4.94. The number of aliphatic hydroxyl groups is 1. The predicted molar refractivity (Wildman–Crippen MR) is 109 cm³/mol. The Kier molecular flexibility index (Phi) is 13.5. The standard InChI is InChI=1S/C22H42N2O/c1-3-4-5-6-7-8-9-10-11-12-13-14-15-16-17-18-22-23-19-20-24(22)21(2)25/h10-11,19-23,25H,3-9,12-18H2,1-2H3/b11-10+. The second-order valence-electron chi connectivity index (χ2n) is 7.45. The Labute approximate surface area is 156 Å². The maximum atomic E-state index is 9.68. The van der Waals surface area contributed by atoms with Gasteiger partial charge in [0.15, 0.2) is 0 Å². The summed E-state index contributed by atoms with van der Waals surface area (Å²) in [7, 11) is 0. The molecular weight excluding hydrogens is 308 g/mol. The van der Waals surface area contributed by atoms with Crippen molar-refractivity contribution >= 4 is 0 Å². The van der Waals surface area contributed by atoms with Crippen LogP contribution >= 0.6 is 0 Å². The second-order valence-corrected chi connectivity index (χ2v) is 7.45. The fraction of sp³-hybridized carbons (Fsp3) is 0.818. The molecule has 0 fully saturated rings. The average molecular weight is 351 g/mol. The van der Waals surface area contributed by atoms with Gasteiger partial charge in [0.25, 0.3) is 0 Å². The molecule has 2 N–H and O–H groups in total. The van der Waals surface area contributed by atoms with Gasteiger partial charge in [-0.3, -0.25) is 0 Å². The number of allylic oxidation sites excluding steroid dienone is 2. The minimum atomic E-state index is -0.403. The van der Waals surface area contributed by atoms with E-state index in [1.165, 1.54) is 83.5 Å². The van der Waals surface area contributed by atoms with Crippen molar-refractivity contribution in [2.24, 2.45) is 0 Å². The van der Waals surface area contributed by atoms with Crippen molar-refractivity contribution in [3.8, 4) is 0 Å². The predicted octanol–water partition coefficient (Wildman–Crippen LogP) is 6.06. The smallest absolute Gasteiger partial charge is 0.125 e. The summed E-state index contributed by atoms with van der Waals surface area (Å²) in [6.07, 6.45) is 27.1. The lowest BCUT2D eigenvalue weighted by molar-refractivity contribution is 0.0254. The van der Waals surface area contributed by atoms with Crippen LogP contribution in [0.1, 0.15) is 104 Å². The number of hydrogen-bond acceptors (Lipinski definition) is 3. The minimum absolute atomic E-state index is 0.282. The summed E-state index contributed by atoms with van der Waals surface area (Å²) in [5.74, 6) is 0. The summed E-state index contributed by atoms with van der Waals surface area (Å²) < 4.78 is 0. The Morgan fingerprint density at radius 3 is 2.08 bits per heavy atom. The molecule has 0 aromatic heterocycles. The Hall–Kier alpha value is -0.960. The lowest BCUT2D eigenvalue weighted by Crippen LogP contribution is -2.40. The van der Waals surface area contributed by atoms with E-state index in [4.69, 9.17) is 0 Å². The van der Waals surface area contributed by atoms with Crippen LogP contribution in [-0.4, -0.2) is 22.4 Å². The van der Waals surface area contributed by atoms with E-state index in [0.717, 1.165) is 6.42 Å². The highest BCUT2D eigenvalue weighted by atomic mass is 16.3. The molecule has 0 saturated carbocycles. The van der Waals surface area contributed by atoms with Gasteiger partial charge in [-0.15, -0.1) is 0 Å². The first-order valence-electron chi connectivity index (χ1n) is 10.8. The Morgan fingerprint density at radius 2 is 1.48 bits per heavy atom. The summed E-state index contributed by atoms with van der Waals surface area (Å²) in [6, 6.07) is 0. The van der Waals surface area contributed by atoms with Crippen molar-refractivity contribution in [3.05, 3.63) is 24.6 Å². The molecule has 0 aromatic carbocycles. The van der Waals surface area contributed by atoms with Gasteiger partial charge in [0, 0.05) is 12.4 Å². The fourth-order valence-electron chi connectivity index (χ4n) is 3.46. The molecule has 1 aliphatic heterocycles. The molecule has 1 heterocycles. The topological polar surface area (TPSA) is 35.5 Å². The van der Waals surface area contributed by atoms with E-state index >= 15 is 0 Å². The number of nitrogens with one attached hydrogen (secondary N) is 1. The zero-order chi connectivity index (χ0) is 18.2. The van der Waals surface area contributed by atoms with E-state index in [1.54, 1.807) is 0 Å². The molecule has 0 saturated heterocycles. The first-order valence-corrected chi connectivity index (χ1v) is 10.8. The van der Waals surface area contributed by atoms with Gasteiger partial charge in [-0.25, -0.2) is 0 Å². The Bertz CT molecular complexity index is 352. The van der Waals surface area contributed by atoms with Crippen LogP contribution in [0.3, 0.4) is 0 Å². The third kappa shape index (κ3) is 11.3. The molecule has 0 spiro atoms. The van der Waals surface area contributed by atoms with Crippen molar-refractivity contribution in [3.63, 3.8) is 0 Å². The van der Waals surface area contributed by atoms with E-state index in [2.05, 4.69) is 24.4 Å². The van der Waals surface area contributed by atoms with Crippen LogP contribution in [0.25, 0.3) is 0 Å². The van der Waals surface area contributed by atoms with Crippen molar-refractivity contribution in [1.82, 2.24) is 10.2 Å². The normalized spacial score (nSPS) is 18.2. The molecule has 0 amide bonds. The fourth-order valence-corrected chi connectivity index (χ4v) is 3.46. The van der Waals surface area contributed by atoms with E-state index < -0.39 is 6.23 Å². The largest absolute Gasteiger partial charge is 0.374 e. The maximum absolute atomic E-state index is 9.68. The molecule has 25 heavy (non-hydrogen) atoms. The van der Waals surface area contributed by atoms with Crippen molar-refractivity contribution in [2.45, 2.75) is 116 Å². The average Bonchev–Trinajstić information content (AvgIpc) is 3.07. The minimum Gasteiger partial charge on any atom is -0.374 e. The van der Waals surface area contributed by atoms with Crippen LogP contribution in [0, 0.1) is 0 Å². The van der Waals surface area contributed by atoms with Crippen molar-refractivity contribution in [2.75, 3.05) is 0 Å². The number of unbranched alkanes of at least 4 members (excludes halogenated alkanes) is 11. The van der Waals surface area contributed by atoms with Crippen LogP contribution in [-0.2, 0) is 0 Å². The molecule has 0 aromatic rings. The quantitative estimate of drug-likeness (QED) is 0.262. The lowest BCUT2D eigenvalue weighted by atomic mass is 10.1. The third-order valence-electron chi connectivity index (χ3n) is 5.07. The van der Waals surface area contributed by atoms with Gasteiger partial charge >= 0.3 is 0 Å². The summed E-state index contributed by atoms with van der Waals surface area (Å²) in [5, 5.41) is 13.0. The summed E-state index contributed by atoms with van der Waals surface area (Å²) in [4.78, 5) is 1.99. The summed E-state index contributed by atoms with van der Waals surface area (Å²) in [6.45, 7) is 4.10. The van der Waals surface area contributed by atoms with Crippen LogP contribution in [0.4, 0.5) is 0 Å². The van der Waals surface area contributed by atoms with Gasteiger partial charge in [-0.2, -0.15) is 0 Å². The van der Waals surface area contributed by atoms with Gasteiger partial charge in [-0.05, 0) is 45.4 Å². The first-order chi connectivity index (χ1) is 12.3. The maximum Gasteiger partial charge on any atom is 0.125 e. The summed E-state index contributed by atoms with van der Waals surface area (Å²) in [5.41, 5.74) is 0. The number of hydrogen-bond donors (Lipinski definition) is 2. The molecule has 146 valence electrons. The van der Waals surface area contributed by atoms with Gasteiger partial charge in [-0.1, -0.05) is 70.4 Å². The van der Waals surface area contributed by atoms with Gasteiger partial charge in [0.2, 0.25) is 0 Å². The molecule has 1 aliphatic rings. The highest BCUT2D eigenvalue weighted by Gasteiger charge is 2.20. The first kappa shape index (κ1) is 22.1. The van der Waals surface area contributed by atoms with E-state index in [-0.39, 0.29) is 6.17 Å². The Balaban J connectivity index is 1.82. The van der Waals surface area contributed by atoms with Crippen LogP contribution in [0.2, 0.25) is 0 Å². The van der Waals surface area contributed by atoms with Gasteiger partial charge in [0.05, 0.1) is 0 Å². The van der Waals surface area contributed by atoms with Crippen LogP contribution in [0.15, 0.2) is 24.6 Å². The van der Waals surface area contributed by atoms with E-state index in [0.29, 0.717) is 0 Å². The summed E-state index contributed by atoms with van der Waals surface area (Å²) >= 11 is 0. The van der Waals surface area contributed by atoms with Crippen molar-refractivity contribution < 1.29 is 5.11 Å². The van der Waals surface area contributed by atoms with Gasteiger partial charge < -0.3 is 15.3 Å². The van der Waals surface area contributed by atoms with Crippen LogP contribution in [0.5, 0.6) is 0 Å². The molecule has 3 heteroatoms. The highest BCUT2D eigenvalue weighted by Crippen LogP contribution is 2.16. The monoisotopic (exact) mass is 350 g/mol. The molecule has 2 unspecified atom stereocenters. The molecule has 3 nitrogen and oxygen atoms in total. The molecule has 0 radical (unpaired) electrons. The third-order valence-corrected chi connectivity index (χ3v) is 5.07. The number of rotatable bonds is 16. The molecule has 2 atom stereocenters. The second kappa shape index (κ2) is 15.3.